The monoisotopic (exact) mass is 285 g/mol. The zero-order valence-electron chi connectivity index (χ0n) is 12.3. The molecule has 2 amide bonds. The van der Waals surface area contributed by atoms with Gasteiger partial charge in [-0.25, -0.2) is 5.01 Å². The predicted octanol–water partition coefficient (Wildman–Crippen LogP) is 2.09. The molecular formula is C16H19N3O2. The van der Waals surface area contributed by atoms with Gasteiger partial charge in [0.25, 0.3) is 5.91 Å². The minimum absolute atomic E-state index is 0.0935. The molecule has 0 fully saturated rings. The van der Waals surface area contributed by atoms with E-state index >= 15 is 0 Å². The number of anilines is 1. The maximum atomic E-state index is 12.1. The molecule has 110 valence electrons. The Morgan fingerprint density at radius 1 is 1.43 bits per heavy atom. The Bertz CT molecular complexity index is 620. The van der Waals surface area contributed by atoms with Gasteiger partial charge in [-0.15, -0.1) is 6.58 Å². The van der Waals surface area contributed by atoms with Crippen LogP contribution < -0.4 is 10.3 Å². The Kier molecular flexibility index (Phi) is 4.52. The van der Waals surface area contributed by atoms with Gasteiger partial charge in [-0.05, 0) is 31.0 Å². The van der Waals surface area contributed by atoms with Crippen LogP contribution in [0.25, 0.3) is 0 Å². The first kappa shape index (κ1) is 15.0. The third kappa shape index (κ3) is 3.37. The fraction of sp³-hybridized carbons (Fsp3) is 0.312. The Morgan fingerprint density at radius 3 is 2.90 bits per heavy atom. The third-order valence-corrected chi connectivity index (χ3v) is 3.29. The van der Waals surface area contributed by atoms with Gasteiger partial charge in [-0.1, -0.05) is 18.2 Å². The van der Waals surface area contributed by atoms with E-state index in [1.807, 2.05) is 32.0 Å². The second-order valence-electron chi connectivity index (χ2n) is 5.04. The van der Waals surface area contributed by atoms with Crippen LogP contribution >= 0.6 is 0 Å². The summed E-state index contributed by atoms with van der Waals surface area (Å²) in [6.45, 7) is 7.82. The number of nitrogens with zero attached hydrogens (tertiary/aromatic N) is 2. The molecule has 1 aromatic carbocycles. The summed E-state index contributed by atoms with van der Waals surface area (Å²) in [7, 11) is 0. The van der Waals surface area contributed by atoms with Crippen molar-refractivity contribution >= 4 is 23.2 Å². The maximum Gasteiger partial charge on any atom is 0.267 e. The van der Waals surface area contributed by atoms with Gasteiger partial charge in [0.1, 0.15) is 5.71 Å². The molecule has 0 bridgehead atoms. The summed E-state index contributed by atoms with van der Waals surface area (Å²) in [6.07, 6.45) is 2.26. The average molecular weight is 285 g/mol. The van der Waals surface area contributed by atoms with Crippen molar-refractivity contribution in [3.8, 4) is 0 Å². The van der Waals surface area contributed by atoms with Crippen LogP contribution in [0.1, 0.15) is 24.0 Å². The molecule has 0 aliphatic carbocycles. The lowest BCUT2D eigenvalue weighted by atomic mass is 10.1. The Labute approximate surface area is 124 Å². The molecule has 0 radical (unpaired) electrons. The molecule has 5 heteroatoms. The largest absolute Gasteiger partial charge is 0.347 e. The molecule has 0 atom stereocenters. The van der Waals surface area contributed by atoms with Crippen molar-refractivity contribution < 1.29 is 9.59 Å². The number of rotatable bonds is 4. The Balaban J connectivity index is 2.32. The molecule has 1 heterocycles. The van der Waals surface area contributed by atoms with Crippen LogP contribution in [0.5, 0.6) is 0 Å². The van der Waals surface area contributed by atoms with Gasteiger partial charge in [0.05, 0.1) is 5.69 Å². The van der Waals surface area contributed by atoms with Crippen molar-refractivity contribution in [2.75, 3.05) is 11.6 Å². The van der Waals surface area contributed by atoms with Gasteiger partial charge in [0.15, 0.2) is 0 Å². The highest BCUT2D eigenvalue weighted by atomic mass is 16.2. The van der Waals surface area contributed by atoms with Crippen LogP contribution in [-0.4, -0.2) is 24.1 Å². The van der Waals surface area contributed by atoms with Gasteiger partial charge >= 0.3 is 0 Å². The molecule has 0 saturated heterocycles. The highest BCUT2D eigenvalue weighted by Gasteiger charge is 2.26. The van der Waals surface area contributed by atoms with Crippen molar-refractivity contribution in [2.45, 2.75) is 26.7 Å². The summed E-state index contributed by atoms with van der Waals surface area (Å²) in [5, 5.41) is 8.27. The number of hydrazone groups is 1. The number of hydrogen-bond acceptors (Lipinski definition) is 3. The first-order valence-corrected chi connectivity index (χ1v) is 6.89. The fourth-order valence-electron chi connectivity index (χ4n) is 2.12. The summed E-state index contributed by atoms with van der Waals surface area (Å²) in [6, 6.07) is 5.83. The molecule has 0 unspecified atom stereocenters. The van der Waals surface area contributed by atoms with Crippen LogP contribution in [-0.2, 0) is 9.59 Å². The number of aryl methyl sites for hydroxylation is 2. The lowest BCUT2D eigenvalue weighted by molar-refractivity contribution is -0.118. The van der Waals surface area contributed by atoms with E-state index in [4.69, 9.17) is 0 Å². The van der Waals surface area contributed by atoms with Crippen molar-refractivity contribution in [2.24, 2.45) is 5.10 Å². The van der Waals surface area contributed by atoms with E-state index in [0.29, 0.717) is 18.7 Å². The third-order valence-electron chi connectivity index (χ3n) is 3.29. The maximum absolute atomic E-state index is 12.1. The van der Waals surface area contributed by atoms with E-state index in [9.17, 15) is 9.59 Å². The normalized spacial score (nSPS) is 14.7. The number of benzene rings is 1. The van der Waals surface area contributed by atoms with E-state index in [1.165, 1.54) is 5.01 Å². The number of carbonyl (C=O) groups excluding carboxylic acids is 2. The first-order valence-electron chi connectivity index (χ1n) is 6.89. The van der Waals surface area contributed by atoms with Crippen LogP contribution in [0.15, 0.2) is 36.0 Å². The molecule has 21 heavy (non-hydrogen) atoms. The number of amides is 2. The quantitative estimate of drug-likeness (QED) is 0.861. The van der Waals surface area contributed by atoms with Crippen LogP contribution in [0.2, 0.25) is 0 Å². The van der Waals surface area contributed by atoms with Crippen LogP contribution in [0.3, 0.4) is 0 Å². The van der Waals surface area contributed by atoms with Gasteiger partial charge in [0, 0.05) is 19.4 Å². The van der Waals surface area contributed by atoms with Gasteiger partial charge < -0.3 is 5.32 Å². The molecule has 0 saturated carbocycles. The predicted molar refractivity (Wildman–Crippen MR) is 83.3 cm³/mol. The van der Waals surface area contributed by atoms with Crippen molar-refractivity contribution in [1.29, 1.82) is 0 Å². The van der Waals surface area contributed by atoms with E-state index in [1.54, 1.807) is 6.08 Å². The van der Waals surface area contributed by atoms with E-state index in [-0.39, 0.29) is 18.2 Å². The van der Waals surface area contributed by atoms with Gasteiger partial charge in [-0.3, -0.25) is 9.59 Å². The topological polar surface area (TPSA) is 61.8 Å². The minimum Gasteiger partial charge on any atom is -0.347 e. The summed E-state index contributed by atoms with van der Waals surface area (Å²) in [4.78, 5) is 24.1. The lowest BCUT2D eigenvalue weighted by Crippen LogP contribution is -2.39. The average Bonchev–Trinajstić information content (AvgIpc) is 2.48. The van der Waals surface area contributed by atoms with Crippen LogP contribution in [0.4, 0.5) is 5.69 Å². The molecule has 1 N–H and O–H groups in total. The summed E-state index contributed by atoms with van der Waals surface area (Å²) >= 11 is 0. The second kappa shape index (κ2) is 6.35. The number of nitrogens with one attached hydrogen (secondary N) is 1. The Morgan fingerprint density at radius 2 is 2.19 bits per heavy atom. The summed E-state index contributed by atoms with van der Waals surface area (Å²) in [5.41, 5.74) is 3.10. The zero-order chi connectivity index (χ0) is 15.4. The fourth-order valence-corrected chi connectivity index (χ4v) is 2.12. The van der Waals surface area contributed by atoms with E-state index < -0.39 is 0 Å². The molecule has 0 aromatic heterocycles. The highest BCUT2D eigenvalue weighted by Crippen LogP contribution is 2.25. The molecule has 1 aliphatic heterocycles. The first-order chi connectivity index (χ1) is 10.0. The van der Waals surface area contributed by atoms with E-state index in [2.05, 4.69) is 17.0 Å². The molecule has 0 spiro atoms. The summed E-state index contributed by atoms with van der Waals surface area (Å²) < 4.78 is 0. The lowest BCUT2D eigenvalue weighted by Gasteiger charge is -2.24. The van der Waals surface area contributed by atoms with Gasteiger partial charge in [0.2, 0.25) is 5.91 Å². The number of carbonyl (C=O) groups is 2. The van der Waals surface area contributed by atoms with Crippen molar-refractivity contribution in [1.82, 2.24) is 5.32 Å². The highest BCUT2D eigenvalue weighted by molar-refractivity contribution is 6.40. The second-order valence-corrected chi connectivity index (χ2v) is 5.04. The number of hydrogen-bond donors (Lipinski definition) is 1. The minimum atomic E-state index is -0.252. The van der Waals surface area contributed by atoms with E-state index in [0.717, 1.165) is 16.8 Å². The molecule has 1 aliphatic rings. The molecule has 1 aromatic rings. The smallest absolute Gasteiger partial charge is 0.267 e. The standard InChI is InChI=1S/C16H19N3O2/c1-4-9-17-16(21)13-7-8-15(20)19(18-13)14-10-11(2)5-6-12(14)3/h4-6,10H,1,7-9H2,2-3H3,(H,17,21). The van der Waals surface area contributed by atoms with Crippen molar-refractivity contribution in [3.05, 3.63) is 42.0 Å². The molecule has 2 rings (SSSR count). The van der Waals surface area contributed by atoms with Crippen LogP contribution in [0, 0.1) is 13.8 Å². The zero-order valence-corrected chi connectivity index (χ0v) is 12.3. The summed E-state index contributed by atoms with van der Waals surface area (Å²) in [5.74, 6) is -0.346. The van der Waals surface area contributed by atoms with Crippen molar-refractivity contribution in [3.63, 3.8) is 0 Å². The van der Waals surface area contributed by atoms with Gasteiger partial charge in [-0.2, -0.15) is 5.10 Å². The SMILES string of the molecule is C=CCNC(=O)C1=NN(c2cc(C)ccc2C)C(=O)CC1. The molecular weight excluding hydrogens is 266 g/mol. The Hall–Kier alpha value is -2.43. The molecule has 5 nitrogen and oxygen atoms in total.